The molecular weight excluding hydrogens is 318 g/mol. The molecule has 0 atom stereocenters. The molecule has 2 heterocycles. The first-order chi connectivity index (χ1) is 11.8. The second kappa shape index (κ2) is 6.86. The lowest BCUT2D eigenvalue weighted by molar-refractivity contribution is -0.132. The molecule has 0 aliphatic carbocycles. The highest BCUT2D eigenvalue weighted by Gasteiger charge is 2.25. The Bertz CT molecular complexity index is 776. The van der Waals surface area contributed by atoms with Crippen LogP contribution < -0.4 is 0 Å². The van der Waals surface area contributed by atoms with Gasteiger partial charge in [0.15, 0.2) is 12.0 Å². The Hall–Kier alpha value is -2.37. The van der Waals surface area contributed by atoms with Gasteiger partial charge >= 0.3 is 0 Å². The monoisotopic (exact) mass is 343 g/mol. The zero-order valence-electron chi connectivity index (χ0n) is 15.1. The van der Waals surface area contributed by atoms with Crippen molar-refractivity contribution in [3.8, 4) is 0 Å². The Balaban J connectivity index is 1.66. The third kappa shape index (κ3) is 4.18. The minimum absolute atomic E-state index is 0.0224. The Labute approximate surface area is 147 Å². The highest BCUT2D eigenvalue weighted by Crippen LogP contribution is 2.21. The van der Waals surface area contributed by atoms with Crippen molar-refractivity contribution in [1.29, 1.82) is 0 Å². The molecule has 134 valence electrons. The molecule has 1 aromatic heterocycles. The van der Waals surface area contributed by atoms with E-state index in [1.807, 2.05) is 9.80 Å². The van der Waals surface area contributed by atoms with Crippen molar-refractivity contribution in [2.45, 2.75) is 33.6 Å². The molecule has 1 fully saturated rings. The highest BCUT2D eigenvalue weighted by molar-refractivity contribution is 5.97. The fourth-order valence-electron chi connectivity index (χ4n) is 3.11. The van der Waals surface area contributed by atoms with Gasteiger partial charge in [-0.1, -0.05) is 20.8 Å². The quantitative estimate of drug-likeness (QED) is 0.841. The number of oxazole rings is 1. The number of nitrogens with zero attached hydrogens (tertiary/aromatic N) is 3. The van der Waals surface area contributed by atoms with Crippen LogP contribution in [-0.4, -0.2) is 52.8 Å². The predicted octanol–water partition coefficient (Wildman–Crippen LogP) is 2.94. The molecule has 6 heteroatoms. The van der Waals surface area contributed by atoms with Crippen molar-refractivity contribution in [3.63, 3.8) is 0 Å². The van der Waals surface area contributed by atoms with Gasteiger partial charge in [0.2, 0.25) is 5.91 Å². The van der Waals surface area contributed by atoms with Crippen molar-refractivity contribution >= 4 is 22.9 Å². The van der Waals surface area contributed by atoms with Crippen LogP contribution in [0.5, 0.6) is 0 Å². The maximum atomic E-state index is 12.8. The van der Waals surface area contributed by atoms with E-state index in [2.05, 4.69) is 25.8 Å². The SMILES string of the molecule is CC(C)(C)CC(=O)N1CCCN(C(=O)c2ccc3ncoc3c2)CC1. The molecule has 0 spiro atoms. The van der Waals surface area contributed by atoms with Crippen LogP contribution in [0, 0.1) is 5.41 Å². The first-order valence-corrected chi connectivity index (χ1v) is 8.74. The van der Waals surface area contributed by atoms with Gasteiger partial charge in [-0.25, -0.2) is 4.98 Å². The van der Waals surface area contributed by atoms with E-state index in [1.54, 1.807) is 18.2 Å². The Kier molecular flexibility index (Phi) is 4.79. The van der Waals surface area contributed by atoms with E-state index < -0.39 is 0 Å². The second-order valence-electron chi connectivity index (χ2n) is 7.80. The molecule has 0 saturated carbocycles. The summed E-state index contributed by atoms with van der Waals surface area (Å²) >= 11 is 0. The van der Waals surface area contributed by atoms with E-state index in [9.17, 15) is 9.59 Å². The van der Waals surface area contributed by atoms with Gasteiger partial charge in [0, 0.05) is 38.2 Å². The number of amides is 2. The maximum Gasteiger partial charge on any atom is 0.254 e. The van der Waals surface area contributed by atoms with Crippen LogP contribution in [0.15, 0.2) is 29.0 Å². The number of fused-ring (bicyclic) bond motifs is 1. The van der Waals surface area contributed by atoms with Gasteiger partial charge in [-0.2, -0.15) is 0 Å². The number of rotatable bonds is 2. The molecule has 0 radical (unpaired) electrons. The minimum Gasteiger partial charge on any atom is -0.443 e. The van der Waals surface area contributed by atoms with Crippen LogP contribution in [0.4, 0.5) is 0 Å². The number of benzene rings is 1. The van der Waals surface area contributed by atoms with Crippen molar-refractivity contribution in [2.24, 2.45) is 5.41 Å². The molecule has 3 rings (SSSR count). The lowest BCUT2D eigenvalue weighted by Crippen LogP contribution is -2.38. The lowest BCUT2D eigenvalue weighted by Gasteiger charge is -2.25. The topological polar surface area (TPSA) is 66.7 Å². The normalized spacial score (nSPS) is 16.1. The van der Waals surface area contributed by atoms with Gasteiger partial charge in [0.25, 0.3) is 5.91 Å². The largest absolute Gasteiger partial charge is 0.443 e. The van der Waals surface area contributed by atoms with Crippen molar-refractivity contribution < 1.29 is 14.0 Å². The molecule has 0 N–H and O–H groups in total. The number of hydrogen-bond donors (Lipinski definition) is 0. The molecule has 2 amide bonds. The van der Waals surface area contributed by atoms with Gasteiger partial charge in [-0.3, -0.25) is 9.59 Å². The van der Waals surface area contributed by atoms with Crippen molar-refractivity contribution in [1.82, 2.24) is 14.8 Å². The first kappa shape index (κ1) is 17.5. The fraction of sp³-hybridized carbons (Fsp3) is 0.526. The van der Waals surface area contributed by atoms with Gasteiger partial charge in [0.05, 0.1) is 0 Å². The Morgan fingerprint density at radius 2 is 1.84 bits per heavy atom. The van der Waals surface area contributed by atoms with E-state index in [0.717, 1.165) is 11.9 Å². The standard InChI is InChI=1S/C19H25N3O3/c1-19(2,3)12-17(23)21-7-4-8-22(10-9-21)18(24)14-5-6-15-16(11-14)25-13-20-15/h5-6,11,13H,4,7-10,12H2,1-3H3. The Morgan fingerprint density at radius 1 is 1.12 bits per heavy atom. The van der Waals surface area contributed by atoms with Crippen molar-refractivity contribution in [3.05, 3.63) is 30.2 Å². The average molecular weight is 343 g/mol. The number of carbonyl (C=O) groups excluding carboxylic acids is 2. The molecule has 1 saturated heterocycles. The molecule has 1 aromatic carbocycles. The molecule has 6 nitrogen and oxygen atoms in total. The van der Waals surface area contributed by atoms with Gasteiger partial charge in [0.1, 0.15) is 5.52 Å². The summed E-state index contributed by atoms with van der Waals surface area (Å²) in [5.41, 5.74) is 1.93. The summed E-state index contributed by atoms with van der Waals surface area (Å²) in [6, 6.07) is 5.31. The summed E-state index contributed by atoms with van der Waals surface area (Å²) in [5, 5.41) is 0. The summed E-state index contributed by atoms with van der Waals surface area (Å²) in [4.78, 5) is 33.0. The van der Waals surface area contributed by atoms with Crippen LogP contribution in [0.25, 0.3) is 11.1 Å². The third-order valence-corrected chi connectivity index (χ3v) is 4.40. The minimum atomic E-state index is -0.0246. The van der Waals surface area contributed by atoms with Crippen LogP contribution >= 0.6 is 0 Å². The summed E-state index contributed by atoms with van der Waals surface area (Å²) in [7, 11) is 0. The predicted molar refractivity (Wildman–Crippen MR) is 95.2 cm³/mol. The van der Waals surface area contributed by atoms with E-state index in [4.69, 9.17) is 4.42 Å². The molecule has 0 unspecified atom stereocenters. The summed E-state index contributed by atoms with van der Waals surface area (Å²) in [6.07, 6.45) is 2.71. The Morgan fingerprint density at radius 3 is 2.60 bits per heavy atom. The maximum absolute atomic E-state index is 12.8. The first-order valence-electron chi connectivity index (χ1n) is 8.74. The zero-order valence-corrected chi connectivity index (χ0v) is 15.1. The van der Waals surface area contributed by atoms with Crippen LogP contribution in [0.3, 0.4) is 0 Å². The lowest BCUT2D eigenvalue weighted by atomic mass is 9.91. The van der Waals surface area contributed by atoms with E-state index in [1.165, 1.54) is 6.39 Å². The molecule has 2 aromatic rings. The van der Waals surface area contributed by atoms with E-state index in [-0.39, 0.29) is 17.2 Å². The van der Waals surface area contributed by atoms with Crippen LogP contribution in [-0.2, 0) is 4.79 Å². The summed E-state index contributed by atoms with van der Waals surface area (Å²) < 4.78 is 5.28. The third-order valence-electron chi connectivity index (χ3n) is 4.40. The summed E-state index contributed by atoms with van der Waals surface area (Å²) in [6.45, 7) is 8.72. The smallest absolute Gasteiger partial charge is 0.254 e. The highest BCUT2D eigenvalue weighted by atomic mass is 16.3. The zero-order chi connectivity index (χ0) is 18.0. The van der Waals surface area contributed by atoms with Gasteiger partial charge in [-0.15, -0.1) is 0 Å². The fourth-order valence-corrected chi connectivity index (χ4v) is 3.11. The molecule has 1 aliphatic rings. The van der Waals surface area contributed by atoms with Crippen LogP contribution in [0.1, 0.15) is 44.0 Å². The number of aromatic nitrogens is 1. The van der Waals surface area contributed by atoms with E-state index in [0.29, 0.717) is 43.7 Å². The second-order valence-corrected chi connectivity index (χ2v) is 7.80. The number of hydrogen-bond acceptors (Lipinski definition) is 4. The molecule has 25 heavy (non-hydrogen) atoms. The van der Waals surface area contributed by atoms with Gasteiger partial charge < -0.3 is 14.2 Å². The van der Waals surface area contributed by atoms with Crippen LogP contribution in [0.2, 0.25) is 0 Å². The average Bonchev–Trinajstić information content (AvgIpc) is 2.86. The van der Waals surface area contributed by atoms with Crippen molar-refractivity contribution in [2.75, 3.05) is 26.2 Å². The molecule has 1 aliphatic heterocycles. The van der Waals surface area contributed by atoms with Gasteiger partial charge in [-0.05, 0) is 30.0 Å². The molecule has 0 bridgehead atoms. The number of carbonyl (C=O) groups is 2. The van der Waals surface area contributed by atoms with E-state index >= 15 is 0 Å². The molecular formula is C19H25N3O3. The summed E-state index contributed by atoms with van der Waals surface area (Å²) in [5.74, 6) is 0.147.